The summed E-state index contributed by atoms with van der Waals surface area (Å²) in [6, 6.07) is 7.16. The number of halogens is 4. The zero-order valence-electron chi connectivity index (χ0n) is 19.6. The Morgan fingerprint density at radius 2 is 1.62 bits per heavy atom. The van der Waals surface area contributed by atoms with Gasteiger partial charge in [0.1, 0.15) is 17.1 Å². The normalized spacial score (nSPS) is 16.1. The van der Waals surface area contributed by atoms with Crippen LogP contribution in [-0.2, 0) is 0 Å². The summed E-state index contributed by atoms with van der Waals surface area (Å²) in [5.41, 5.74) is -0.686. The molecule has 186 valence electrons. The van der Waals surface area contributed by atoms with E-state index in [0.717, 1.165) is 64.2 Å². The van der Waals surface area contributed by atoms with Crippen molar-refractivity contribution in [2.75, 3.05) is 0 Å². The average molecular weight is 481 g/mol. The molecule has 3 nitrogen and oxygen atoms in total. The Morgan fingerprint density at radius 3 is 2.29 bits per heavy atom. The van der Waals surface area contributed by atoms with E-state index in [2.05, 4.69) is 6.92 Å². The molecule has 34 heavy (non-hydrogen) atoms. The molecule has 0 saturated heterocycles. The van der Waals surface area contributed by atoms with E-state index in [0.29, 0.717) is 12.1 Å². The lowest BCUT2D eigenvalue weighted by Crippen LogP contribution is -2.38. The Morgan fingerprint density at radius 1 is 0.971 bits per heavy atom. The largest absolute Gasteiger partial charge is 0.459 e. The maximum atomic E-state index is 15.7. The van der Waals surface area contributed by atoms with Gasteiger partial charge in [0.25, 0.3) is 0 Å². The number of carbonyl (C=O) groups is 1. The fourth-order valence-corrected chi connectivity index (χ4v) is 4.65. The van der Waals surface area contributed by atoms with Gasteiger partial charge in [0, 0.05) is 17.5 Å². The van der Waals surface area contributed by atoms with Crippen LogP contribution in [0.4, 0.5) is 17.6 Å². The van der Waals surface area contributed by atoms with Crippen LogP contribution < -0.4 is 9.47 Å². The van der Waals surface area contributed by atoms with Gasteiger partial charge in [-0.3, -0.25) is 0 Å². The number of hydrogen-bond acceptors (Lipinski definition) is 3. The fourth-order valence-electron chi connectivity index (χ4n) is 4.65. The minimum absolute atomic E-state index is 0.000938. The van der Waals surface area contributed by atoms with Crippen molar-refractivity contribution in [1.82, 2.24) is 0 Å². The second-order valence-corrected chi connectivity index (χ2v) is 9.11. The molecule has 0 bridgehead atoms. The highest BCUT2D eigenvalue weighted by molar-refractivity contribution is 5.94. The monoisotopic (exact) mass is 480 g/mol. The Kier molecular flexibility index (Phi) is 9.36. The number of para-hydroxylation sites is 1. The van der Waals surface area contributed by atoms with Crippen LogP contribution in [0.5, 0.6) is 11.5 Å². The van der Waals surface area contributed by atoms with Gasteiger partial charge < -0.3 is 9.47 Å². The number of rotatable bonds is 11. The maximum Gasteiger partial charge on any atom is 0.347 e. The molecular weight excluding hydrogens is 448 g/mol. The van der Waals surface area contributed by atoms with Crippen molar-refractivity contribution in [3.8, 4) is 11.5 Å². The van der Waals surface area contributed by atoms with Crippen LogP contribution in [0.15, 0.2) is 36.4 Å². The number of ether oxygens (including phenoxy) is 2. The van der Waals surface area contributed by atoms with Gasteiger partial charge >= 0.3 is 5.97 Å². The van der Waals surface area contributed by atoms with Crippen molar-refractivity contribution in [3.63, 3.8) is 0 Å². The first-order valence-corrected chi connectivity index (χ1v) is 12.1. The second-order valence-electron chi connectivity index (χ2n) is 9.11. The molecule has 2 aromatic rings. The van der Waals surface area contributed by atoms with E-state index >= 15 is 4.39 Å². The number of hydrogen-bond donors (Lipinski definition) is 0. The summed E-state index contributed by atoms with van der Waals surface area (Å²) in [4.78, 5) is 12.7. The number of benzene rings is 2. The molecule has 0 N–H and O–H groups in total. The molecule has 0 radical (unpaired) electrons. The smallest absolute Gasteiger partial charge is 0.347 e. The van der Waals surface area contributed by atoms with E-state index in [4.69, 9.17) is 9.47 Å². The molecule has 1 atom stereocenters. The van der Waals surface area contributed by atoms with Crippen LogP contribution in [0.3, 0.4) is 0 Å². The standard InChI is InChI=1S/C27H32F4O3/c1-2-3-4-5-9-14-27(15-10-6-11-16-27)26(31)34-23-13-8-7-12-20(23)25(32)33-19-17-21(28)24(30)22(29)18-19/h7-8,12-13,17-18,26H,2-6,9-11,14-16H2,1H3. The van der Waals surface area contributed by atoms with Crippen LogP contribution in [0.1, 0.15) is 87.9 Å². The summed E-state index contributed by atoms with van der Waals surface area (Å²) >= 11 is 0. The van der Waals surface area contributed by atoms with Crippen molar-refractivity contribution >= 4 is 5.97 Å². The number of unbranched alkanes of at least 4 members (excludes halogenated alkanes) is 4. The first-order valence-electron chi connectivity index (χ1n) is 12.1. The zero-order valence-corrected chi connectivity index (χ0v) is 19.6. The van der Waals surface area contributed by atoms with Gasteiger partial charge in [0.15, 0.2) is 17.5 Å². The third kappa shape index (κ3) is 6.51. The molecule has 1 unspecified atom stereocenters. The van der Waals surface area contributed by atoms with Crippen molar-refractivity contribution in [2.24, 2.45) is 5.41 Å². The zero-order chi connectivity index (χ0) is 24.6. The molecule has 2 aromatic carbocycles. The summed E-state index contributed by atoms with van der Waals surface area (Å²) in [5.74, 6) is -6.09. The Bertz CT molecular complexity index is 934. The van der Waals surface area contributed by atoms with E-state index in [1.807, 2.05) is 0 Å². The molecule has 0 aromatic heterocycles. The van der Waals surface area contributed by atoms with E-state index < -0.39 is 40.9 Å². The molecule has 1 saturated carbocycles. The van der Waals surface area contributed by atoms with Crippen molar-refractivity contribution < 1.29 is 31.8 Å². The molecule has 0 spiro atoms. The number of alkyl halides is 1. The van der Waals surface area contributed by atoms with Crippen molar-refractivity contribution in [3.05, 3.63) is 59.4 Å². The van der Waals surface area contributed by atoms with Crippen LogP contribution in [-0.4, -0.2) is 12.3 Å². The Hall–Kier alpha value is -2.57. The van der Waals surface area contributed by atoms with Crippen molar-refractivity contribution in [1.29, 1.82) is 0 Å². The molecule has 1 fully saturated rings. The van der Waals surface area contributed by atoms with E-state index in [1.54, 1.807) is 12.1 Å². The summed E-state index contributed by atoms with van der Waals surface area (Å²) in [6.45, 7) is 2.15. The number of carbonyl (C=O) groups excluding carboxylic acids is 1. The van der Waals surface area contributed by atoms with Gasteiger partial charge in [-0.15, -0.1) is 0 Å². The minimum atomic E-state index is -1.66. The third-order valence-electron chi connectivity index (χ3n) is 6.61. The first-order chi connectivity index (χ1) is 16.4. The van der Waals surface area contributed by atoms with Gasteiger partial charge in [-0.1, -0.05) is 70.4 Å². The van der Waals surface area contributed by atoms with E-state index in [1.165, 1.54) is 18.6 Å². The molecule has 1 aliphatic carbocycles. The van der Waals surface area contributed by atoms with Crippen molar-refractivity contribution in [2.45, 2.75) is 83.9 Å². The van der Waals surface area contributed by atoms with Gasteiger partial charge in [-0.2, -0.15) is 0 Å². The summed E-state index contributed by atoms with van der Waals surface area (Å²) in [7, 11) is 0. The van der Waals surface area contributed by atoms with Crippen LogP contribution >= 0.6 is 0 Å². The molecule has 1 aliphatic rings. The maximum absolute atomic E-state index is 15.7. The fraction of sp³-hybridized carbons (Fsp3) is 0.519. The highest BCUT2D eigenvalue weighted by Gasteiger charge is 2.42. The molecule has 3 rings (SSSR count). The molecule has 0 aliphatic heterocycles. The number of esters is 1. The Balaban J connectivity index is 1.73. The molecule has 0 heterocycles. The quantitative estimate of drug-likeness (QED) is 0.107. The van der Waals surface area contributed by atoms with E-state index in [-0.39, 0.29) is 11.3 Å². The van der Waals surface area contributed by atoms with Crippen LogP contribution in [0.2, 0.25) is 0 Å². The highest BCUT2D eigenvalue weighted by atomic mass is 19.2. The second kappa shape index (κ2) is 12.2. The summed E-state index contributed by atoms with van der Waals surface area (Å²) in [6.07, 6.45) is 8.92. The lowest BCUT2D eigenvalue weighted by Gasteiger charge is -2.39. The first kappa shape index (κ1) is 26.0. The van der Waals surface area contributed by atoms with Crippen LogP contribution in [0, 0.1) is 22.9 Å². The SMILES string of the molecule is CCCCCCCC1(C(F)Oc2ccccc2C(=O)Oc2cc(F)c(F)c(F)c2)CCCCC1. The lowest BCUT2D eigenvalue weighted by molar-refractivity contribution is -0.0796. The van der Waals surface area contributed by atoms with Gasteiger partial charge in [0.05, 0.1) is 0 Å². The summed E-state index contributed by atoms with van der Waals surface area (Å²) < 4.78 is 66.6. The average Bonchev–Trinajstić information content (AvgIpc) is 2.83. The topological polar surface area (TPSA) is 35.5 Å². The molecular formula is C27H32F4O3. The predicted molar refractivity (Wildman–Crippen MR) is 122 cm³/mol. The van der Waals surface area contributed by atoms with E-state index in [9.17, 15) is 18.0 Å². The minimum Gasteiger partial charge on any atom is -0.459 e. The predicted octanol–water partition coefficient (Wildman–Crippen LogP) is 8.31. The third-order valence-corrected chi connectivity index (χ3v) is 6.61. The molecule has 0 amide bonds. The van der Waals surface area contributed by atoms with Gasteiger partial charge in [-0.25, -0.2) is 22.4 Å². The lowest BCUT2D eigenvalue weighted by atomic mass is 9.70. The highest BCUT2D eigenvalue weighted by Crippen LogP contribution is 2.46. The summed E-state index contributed by atoms with van der Waals surface area (Å²) in [5, 5.41) is 0. The Labute approximate surface area is 198 Å². The van der Waals surface area contributed by atoms with Crippen LogP contribution in [0.25, 0.3) is 0 Å². The van der Waals surface area contributed by atoms with Gasteiger partial charge in [0.2, 0.25) is 6.36 Å². The molecule has 7 heteroatoms. The van der Waals surface area contributed by atoms with Gasteiger partial charge in [-0.05, 0) is 31.4 Å².